The minimum Gasteiger partial charge on any atom is -0.292 e. The lowest BCUT2D eigenvalue weighted by Crippen LogP contribution is -2.56. The molecule has 0 radical (unpaired) electrons. The van der Waals surface area contributed by atoms with Gasteiger partial charge in [0.15, 0.2) is 5.78 Å². The lowest BCUT2D eigenvalue weighted by atomic mass is 9.81. The number of imide groups is 1. The molecule has 6 nitrogen and oxygen atoms in total. The van der Waals surface area contributed by atoms with E-state index >= 15 is 0 Å². The number of fused-ring (bicyclic) bond motifs is 1. The number of carbonyl (C=O) groups is 4. The van der Waals surface area contributed by atoms with Crippen LogP contribution < -0.4 is 0 Å². The van der Waals surface area contributed by atoms with Gasteiger partial charge >= 0.3 is 0 Å². The highest BCUT2D eigenvalue weighted by molar-refractivity contribution is 6.30. The van der Waals surface area contributed by atoms with E-state index < -0.39 is 35.6 Å². The minimum absolute atomic E-state index is 0.243. The van der Waals surface area contributed by atoms with Gasteiger partial charge in [-0.1, -0.05) is 54.8 Å². The average Bonchev–Trinajstić information content (AvgIpc) is 3.05. The van der Waals surface area contributed by atoms with Crippen molar-refractivity contribution >= 4 is 35.1 Å². The second-order valence-corrected chi connectivity index (χ2v) is 8.49. The van der Waals surface area contributed by atoms with Gasteiger partial charge in [0.25, 0.3) is 17.7 Å². The highest BCUT2D eigenvalue weighted by Gasteiger charge is 2.53. The first-order chi connectivity index (χ1) is 14.9. The molecule has 1 aliphatic carbocycles. The van der Waals surface area contributed by atoms with E-state index in [9.17, 15) is 19.2 Å². The summed E-state index contributed by atoms with van der Waals surface area (Å²) in [6.07, 6.45) is 2.99. The Bertz CT molecular complexity index is 998. The Morgan fingerprint density at radius 3 is 2.00 bits per heavy atom. The van der Waals surface area contributed by atoms with Gasteiger partial charge in [0.05, 0.1) is 11.8 Å². The van der Waals surface area contributed by atoms with Crippen molar-refractivity contribution in [3.8, 4) is 0 Å². The number of amides is 3. The van der Waals surface area contributed by atoms with Crippen LogP contribution in [0, 0.1) is 11.8 Å². The van der Waals surface area contributed by atoms with E-state index in [0.29, 0.717) is 23.4 Å². The summed E-state index contributed by atoms with van der Waals surface area (Å²) in [5.74, 6) is -2.59. The zero-order chi connectivity index (χ0) is 22.1. The van der Waals surface area contributed by atoms with Crippen molar-refractivity contribution in [1.29, 1.82) is 0 Å². The molecule has 2 aromatic carbocycles. The van der Waals surface area contributed by atoms with Crippen LogP contribution in [0.25, 0.3) is 0 Å². The topological polar surface area (TPSA) is 74.8 Å². The highest BCUT2D eigenvalue weighted by Crippen LogP contribution is 2.39. The maximum atomic E-state index is 13.5. The molecule has 160 valence electrons. The second-order valence-electron chi connectivity index (χ2n) is 8.05. The Hall–Kier alpha value is -2.99. The van der Waals surface area contributed by atoms with Crippen molar-refractivity contribution in [3.05, 3.63) is 70.7 Å². The Labute approximate surface area is 185 Å². The molecule has 0 N–H and O–H groups in total. The van der Waals surface area contributed by atoms with Gasteiger partial charge in [-0.3, -0.25) is 19.2 Å². The molecule has 7 heteroatoms. The van der Waals surface area contributed by atoms with Gasteiger partial charge in [-0.15, -0.1) is 0 Å². The summed E-state index contributed by atoms with van der Waals surface area (Å²) in [6.45, 7) is 1.55. The first-order valence-electron chi connectivity index (χ1n) is 10.5. The van der Waals surface area contributed by atoms with Gasteiger partial charge in [0.1, 0.15) is 6.04 Å². The van der Waals surface area contributed by atoms with Crippen LogP contribution >= 0.6 is 11.6 Å². The fourth-order valence-corrected chi connectivity index (χ4v) is 4.60. The number of rotatable bonds is 5. The summed E-state index contributed by atoms with van der Waals surface area (Å²) in [4.78, 5) is 53.1. The first kappa shape index (κ1) is 21.2. The molecule has 0 aromatic heterocycles. The molecule has 3 amide bonds. The van der Waals surface area contributed by atoms with Crippen molar-refractivity contribution < 1.29 is 19.2 Å². The maximum absolute atomic E-state index is 13.5. The third-order valence-corrected chi connectivity index (χ3v) is 6.39. The fourth-order valence-electron chi connectivity index (χ4n) is 4.48. The average molecular weight is 439 g/mol. The fraction of sp³-hybridized carbons (Fsp3) is 0.333. The summed E-state index contributed by atoms with van der Waals surface area (Å²) in [7, 11) is 0. The van der Waals surface area contributed by atoms with Crippen molar-refractivity contribution in [2.24, 2.45) is 11.8 Å². The predicted molar refractivity (Wildman–Crippen MR) is 115 cm³/mol. The van der Waals surface area contributed by atoms with Crippen LogP contribution in [0.4, 0.5) is 0 Å². The van der Waals surface area contributed by atoms with E-state index in [4.69, 9.17) is 11.6 Å². The number of hydrogen-bond donors (Lipinski definition) is 0. The number of hydrazine groups is 1. The standard InChI is InChI=1S/C24H23ClN2O4/c1-15(21(28)16-7-3-2-4-8-16)26(22(29)17-11-13-18(25)14-12-17)27-23(30)19-9-5-6-10-20(19)24(27)31/h2-4,7-8,11-15,19-20H,5-6,9-10H2,1H3/t15-,19-,20-/m1/s1. The van der Waals surface area contributed by atoms with E-state index in [1.165, 1.54) is 12.1 Å². The van der Waals surface area contributed by atoms with Gasteiger partial charge in [-0.25, -0.2) is 5.01 Å². The van der Waals surface area contributed by atoms with Gasteiger partial charge < -0.3 is 0 Å². The number of Topliss-reactive ketones (excluding diaryl/α,β-unsaturated/α-hetero) is 1. The van der Waals surface area contributed by atoms with Crippen LogP contribution in [0.5, 0.6) is 0 Å². The molecule has 0 bridgehead atoms. The number of benzene rings is 2. The number of hydrogen-bond acceptors (Lipinski definition) is 4. The molecule has 4 rings (SSSR count). The zero-order valence-electron chi connectivity index (χ0n) is 17.2. The number of halogens is 1. The van der Waals surface area contributed by atoms with Crippen molar-refractivity contribution in [1.82, 2.24) is 10.0 Å². The molecule has 2 fully saturated rings. The summed E-state index contributed by atoms with van der Waals surface area (Å²) in [6, 6.07) is 13.7. The van der Waals surface area contributed by atoms with Crippen molar-refractivity contribution in [2.75, 3.05) is 0 Å². The third-order valence-electron chi connectivity index (χ3n) is 6.14. The van der Waals surface area contributed by atoms with E-state index in [1.54, 1.807) is 49.4 Å². The first-order valence-corrected chi connectivity index (χ1v) is 10.8. The van der Waals surface area contributed by atoms with Gasteiger partial charge in [0.2, 0.25) is 0 Å². The lowest BCUT2D eigenvalue weighted by molar-refractivity contribution is -0.156. The van der Waals surface area contributed by atoms with Crippen LogP contribution in [0.2, 0.25) is 5.02 Å². The zero-order valence-corrected chi connectivity index (χ0v) is 17.9. The van der Waals surface area contributed by atoms with Crippen LogP contribution in [0.1, 0.15) is 53.3 Å². The highest BCUT2D eigenvalue weighted by atomic mass is 35.5. The van der Waals surface area contributed by atoms with Gasteiger partial charge in [0, 0.05) is 16.1 Å². The van der Waals surface area contributed by atoms with Crippen molar-refractivity contribution in [2.45, 2.75) is 38.6 Å². The van der Waals surface area contributed by atoms with Crippen LogP contribution in [-0.2, 0) is 9.59 Å². The molecule has 1 saturated carbocycles. The molecular weight excluding hydrogens is 416 g/mol. The predicted octanol–water partition coefficient (Wildman–Crippen LogP) is 4.14. The summed E-state index contributed by atoms with van der Waals surface area (Å²) >= 11 is 5.95. The molecule has 3 atom stereocenters. The molecule has 1 aliphatic heterocycles. The maximum Gasteiger partial charge on any atom is 0.273 e. The summed E-state index contributed by atoms with van der Waals surface area (Å²) in [5.41, 5.74) is 0.646. The molecule has 0 spiro atoms. The molecule has 31 heavy (non-hydrogen) atoms. The molecule has 1 saturated heterocycles. The number of nitrogens with zero attached hydrogens (tertiary/aromatic N) is 2. The van der Waals surface area contributed by atoms with Crippen LogP contribution in [-0.4, -0.2) is 39.6 Å². The van der Waals surface area contributed by atoms with E-state index in [2.05, 4.69) is 0 Å². The molecule has 2 aliphatic rings. The minimum atomic E-state index is -1.04. The van der Waals surface area contributed by atoms with E-state index in [0.717, 1.165) is 22.9 Å². The number of carbonyl (C=O) groups excluding carboxylic acids is 4. The van der Waals surface area contributed by atoms with Gasteiger partial charge in [-0.05, 0) is 44.0 Å². The Balaban J connectivity index is 1.74. The van der Waals surface area contributed by atoms with Crippen LogP contribution in [0.3, 0.4) is 0 Å². The van der Waals surface area contributed by atoms with Crippen molar-refractivity contribution in [3.63, 3.8) is 0 Å². The normalized spacial score (nSPS) is 21.5. The van der Waals surface area contributed by atoms with E-state index in [-0.39, 0.29) is 11.3 Å². The largest absolute Gasteiger partial charge is 0.292 e. The monoisotopic (exact) mass is 438 g/mol. The molecule has 2 aromatic rings. The SMILES string of the molecule is C[C@H](C(=O)c1ccccc1)N(C(=O)c1ccc(Cl)cc1)N1C(=O)[C@@H]2CCCC[C@H]2C1=O. The molecule has 1 heterocycles. The Kier molecular flexibility index (Phi) is 5.92. The lowest BCUT2D eigenvalue weighted by Gasteiger charge is -2.34. The van der Waals surface area contributed by atoms with Gasteiger partial charge in [-0.2, -0.15) is 5.01 Å². The summed E-state index contributed by atoms with van der Waals surface area (Å²) < 4.78 is 0. The smallest absolute Gasteiger partial charge is 0.273 e. The summed E-state index contributed by atoms with van der Waals surface area (Å²) in [5, 5.41) is 2.43. The van der Waals surface area contributed by atoms with E-state index in [1.807, 2.05) is 0 Å². The Morgan fingerprint density at radius 1 is 0.903 bits per heavy atom. The molecular formula is C24H23ClN2O4. The second kappa shape index (κ2) is 8.63. The third kappa shape index (κ3) is 3.88. The number of ketones is 1. The Morgan fingerprint density at radius 2 is 1.45 bits per heavy atom. The van der Waals surface area contributed by atoms with Crippen LogP contribution in [0.15, 0.2) is 54.6 Å². The molecule has 0 unspecified atom stereocenters. The quantitative estimate of drug-likeness (QED) is 0.519.